The van der Waals surface area contributed by atoms with Crippen LogP contribution in [0.15, 0.2) is 46.9 Å². The molecule has 3 aromatic rings. The number of rotatable bonds is 5. The molecule has 1 aliphatic rings. The van der Waals surface area contributed by atoms with E-state index in [0.29, 0.717) is 24.3 Å². The number of amides is 2. The summed E-state index contributed by atoms with van der Waals surface area (Å²) in [5.74, 6) is 1.16. The average Bonchev–Trinajstić information content (AvgIpc) is 3.17. The van der Waals surface area contributed by atoms with Gasteiger partial charge in [-0.25, -0.2) is 4.98 Å². The zero-order valence-electron chi connectivity index (χ0n) is 14.0. The fraction of sp³-hybridized carbons (Fsp3) is 0.211. The van der Waals surface area contributed by atoms with E-state index in [1.807, 2.05) is 42.5 Å². The summed E-state index contributed by atoms with van der Waals surface area (Å²) in [4.78, 5) is 27.6. The van der Waals surface area contributed by atoms with Crippen molar-refractivity contribution in [2.24, 2.45) is 0 Å². The molecule has 4 rings (SSSR count). The summed E-state index contributed by atoms with van der Waals surface area (Å²) in [5.41, 5.74) is 3.37. The Morgan fingerprint density at radius 2 is 2.08 bits per heavy atom. The van der Waals surface area contributed by atoms with Gasteiger partial charge in [-0.05, 0) is 30.2 Å². The van der Waals surface area contributed by atoms with Gasteiger partial charge in [-0.15, -0.1) is 0 Å². The summed E-state index contributed by atoms with van der Waals surface area (Å²) < 4.78 is 11.2. The van der Waals surface area contributed by atoms with Crippen LogP contribution in [-0.4, -0.2) is 28.5 Å². The molecule has 1 saturated heterocycles. The minimum atomic E-state index is -0.389. The third-order valence-electron chi connectivity index (χ3n) is 4.22. The minimum absolute atomic E-state index is 0.239. The number of methoxy groups -OCH3 is 1. The van der Waals surface area contributed by atoms with Crippen molar-refractivity contribution in [1.29, 1.82) is 0 Å². The molecular weight excluding hydrogens is 352 g/mol. The van der Waals surface area contributed by atoms with Gasteiger partial charge in [-0.2, -0.15) is 0 Å². The number of carbonyl (C=O) groups excluding carboxylic acids is 2. The highest BCUT2D eigenvalue weighted by Gasteiger charge is 2.31. The van der Waals surface area contributed by atoms with E-state index in [4.69, 9.17) is 9.15 Å². The minimum Gasteiger partial charge on any atom is -0.496 e. The van der Waals surface area contributed by atoms with Gasteiger partial charge in [0.05, 0.1) is 18.8 Å². The number of ether oxygens (including phenoxy) is 1. The van der Waals surface area contributed by atoms with Crippen molar-refractivity contribution < 1.29 is 18.7 Å². The number of oxazole rings is 1. The highest BCUT2D eigenvalue weighted by atomic mass is 32.2. The van der Waals surface area contributed by atoms with Gasteiger partial charge < -0.3 is 9.15 Å². The molecule has 6 nitrogen and oxygen atoms in total. The molecule has 26 heavy (non-hydrogen) atoms. The number of nitrogens with zero attached hydrogens (tertiary/aromatic N) is 1. The van der Waals surface area contributed by atoms with E-state index in [1.165, 1.54) is 0 Å². The van der Waals surface area contributed by atoms with E-state index in [1.54, 1.807) is 7.11 Å². The molecular formula is C19H16N2O4S. The lowest BCUT2D eigenvalue weighted by atomic mass is 10.1. The standard InChI is InChI=1S/C19H16N2O4S/c1-24-14-5-3-2-4-12(14)10-17-20-13-8-11(6-7-15(13)25-17)9-16-18(22)21-19(23)26-16/h2-8,16H,9-10H2,1H3,(H,21,22,23). The van der Waals surface area contributed by atoms with Crippen LogP contribution in [-0.2, 0) is 17.6 Å². The molecule has 2 aromatic carbocycles. The predicted octanol–water partition coefficient (Wildman–Crippen LogP) is 3.32. The van der Waals surface area contributed by atoms with Crippen molar-refractivity contribution in [3.05, 3.63) is 59.5 Å². The Morgan fingerprint density at radius 1 is 1.23 bits per heavy atom. The first-order valence-electron chi connectivity index (χ1n) is 8.14. The van der Waals surface area contributed by atoms with Gasteiger partial charge in [-0.1, -0.05) is 36.0 Å². The number of benzene rings is 2. The first-order valence-corrected chi connectivity index (χ1v) is 9.02. The Morgan fingerprint density at radius 3 is 2.85 bits per heavy atom. The quantitative estimate of drug-likeness (QED) is 0.744. The molecule has 132 valence electrons. The second-order valence-corrected chi connectivity index (χ2v) is 7.16. The molecule has 0 bridgehead atoms. The van der Waals surface area contributed by atoms with Crippen LogP contribution in [0.1, 0.15) is 17.0 Å². The van der Waals surface area contributed by atoms with Gasteiger partial charge >= 0.3 is 0 Å². The number of carbonyl (C=O) groups is 2. The van der Waals surface area contributed by atoms with E-state index < -0.39 is 0 Å². The second kappa shape index (κ2) is 6.84. The normalized spacial score (nSPS) is 16.9. The topological polar surface area (TPSA) is 81.4 Å². The van der Waals surface area contributed by atoms with E-state index >= 15 is 0 Å². The maximum Gasteiger partial charge on any atom is 0.286 e. The van der Waals surface area contributed by atoms with E-state index in [-0.39, 0.29) is 16.4 Å². The van der Waals surface area contributed by atoms with Gasteiger partial charge in [0.2, 0.25) is 5.91 Å². The Bertz CT molecular complexity index is 998. The van der Waals surface area contributed by atoms with E-state index in [0.717, 1.165) is 34.2 Å². The van der Waals surface area contributed by atoms with Gasteiger partial charge in [0.25, 0.3) is 5.24 Å². The monoisotopic (exact) mass is 368 g/mol. The molecule has 0 spiro atoms. The van der Waals surface area contributed by atoms with Crippen LogP contribution in [0.4, 0.5) is 4.79 Å². The van der Waals surface area contributed by atoms with Crippen LogP contribution in [0.5, 0.6) is 5.75 Å². The van der Waals surface area contributed by atoms with Gasteiger partial charge in [-0.3, -0.25) is 14.9 Å². The Balaban J connectivity index is 1.56. The molecule has 0 aliphatic carbocycles. The van der Waals surface area contributed by atoms with Crippen LogP contribution < -0.4 is 10.1 Å². The van der Waals surface area contributed by atoms with Crippen molar-refractivity contribution in [3.8, 4) is 5.75 Å². The highest BCUT2D eigenvalue weighted by molar-refractivity contribution is 8.15. The first-order chi connectivity index (χ1) is 12.6. The van der Waals surface area contributed by atoms with Crippen LogP contribution in [0.2, 0.25) is 0 Å². The summed E-state index contributed by atoms with van der Waals surface area (Å²) in [7, 11) is 1.64. The summed E-state index contributed by atoms with van der Waals surface area (Å²) in [6.45, 7) is 0. The molecule has 7 heteroatoms. The SMILES string of the molecule is COc1ccccc1Cc1nc2cc(CC3SC(=O)NC3=O)ccc2o1. The number of imide groups is 1. The summed E-state index contributed by atoms with van der Waals surface area (Å²) >= 11 is 1.03. The molecule has 1 aliphatic heterocycles. The average molecular weight is 368 g/mol. The second-order valence-electron chi connectivity index (χ2n) is 5.99. The van der Waals surface area contributed by atoms with Crippen molar-refractivity contribution in [2.75, 3.05) is 7.11 Å². The van der Waals surface area contributed by atoms with Gasteiger partial charge in [0, 0.05) is 5.56 Å². The fourth-order valence-corrected chi connectivity index (χ4v) is 3.84. The largest absolute Gasteiger partial charge is 0.496 e. The lowest BCUT2D eigenvalue weighted by Crippen LogP contribution is -2.25. The number of hydrogen-bond donors (Lipinski definition) is 1. The van der Waals surface area contributed by atoms with Crippen molar-refractivity contribution in [1.82, 2.24) is 10.3 Å². The molecule has 1 unspecified atom stereocenters. The third kappa shape index (κ3) is 3.30. The number of fused-ring (bicyclic) bond motifs is 1. The summed E-state index contributed by atoms with van der Waals surface area (Å²) in [6.07, 6.45) is 1.01. The number of thioether (sulfide) groups is 1. The number of aromatic nitrogens is 1. The molecule has 1 aromatic heterocycles. The predicted molar refractivity (Wildman–Crippen MR) is 98.4 cm³/mol. The zero-order valence-corrected chi connectivity index (χ0v) is 14.8. The van der Waals surface area contributed by atoms with Crippen LogP contribution in [0.3, 0.4) is 0 Å². The Labute approximate surface area is 153 Å². The molecule has 0 radical (unpaired) electrons. The van der Waals surface area contributed by atoms with E-state index in [9.17, 15) is 9.59 Å². The smallest absolute Gasteiger partial charge is 0.286 e. The molecule has 1 atom stereocenters. The molecule has 2 amide bonds. The van der Waals surface area contributed by atoms with Crippen molar-refractivity contribution >= 4 is 34.0 Å². The molecule has 0 saturated carbocycles. The Hall–Kier alpha value is -2.80. The molecule has 1 fully saturated rings. The van der Waals surface area contributed by atoms with Crippen LogP contribution >= 0.6 is 11.8 Å². The van der Waals surface area contributed by atoms with Gasteiger partial charge in [0.1, 0.15) is 11.3 Å². The molecule has 1 N–H and O–H groups in total. The lowest BCUT2D eigenvalue weighted by Gasteiger charge is -2.05. The number of nitrogens with one attached hydrogen (secondary N) is 1. The van der Waals surface area contributed by atoms with E-state index in [2.05, 4.69) is 10.3 Å². The van der Waals surface area contributed by atoms with Crippen LogP contribution in [0.25, 0.3) is 11.1 Å². The lowest BCUT2D eigenvalue weighted by molar-refractivity contribution is -0.118. The van der Waals surface area contributed by atoms with Gasteiger partial charge in [0.15, 0.2) is 11.5 Å². The number of hydrogen-bond acceptors (Lipinski definition) is 6. The van der Waals surface area contributed by atoms with Crippen molar-refractivity contribution in [3.63, 3.8) is 0 Å². The summed E-state index contributed by atoms with van der Waals surface area (Å²) in [5, 5.41) is 1.63. The Kier molecular flexibility index (Phi) is 4.38. The molecule has 2 heterocycles. The van der Waals surface area contributed by atoms with Crippen molar-refractivity contribution in [2.45, 2.75) is 18.1 Å². The highest BCUT2D eigenvalue weighted by Crippen LogP contribution is 2.26. The third-order valence-corrected chi connectivity index (χ3v) is 5.20. The fourth-order valence-electron chi connectivity index (χ4n) is 2.98. The maximum atomic E-state index is 11.7. The first kappa shape index (κ1) is 16.7. The summed E-state index contributed by atoms with van der Waals surface area (Å²) in [6, 6.07) is 13.4. The zero-order chi connectivity index (χ0) is 18.1. The maximum absolute atomic E-state index is 11.7. The number of para-hydroxylation sites is 1. The van der Waals surface area contributed by atoms with Crippen LogP contribution in [0, 0.1) is 0 Å².